The second-order valence-corrected chi connectivity index (χ2v) is 6.39. The topological polar surface area (TPSA) is 39.7 Å². The number of piperidine rings is 1. The summed E-state index contributed by atoms with van der Waals surface area (Å²) < 4.78 is 0. The van der Waals surface area contributed by atoms with Crippen LogP contribution in [0.1, 0.15) is 25.7 Å². The molecule has 1 aromatic heterocycles. The zero-order valence-electron chi connectivity index (χ0n) is 13.4. The lowest BCUT2D eigenvalue weighted by Crippen LogP contribution is -2.50. The van der Waals surface area contributed by atoms with E-state index in [4.69, 9.17) is 0 Å². The summed E-state index contributed by atoms with van der Waals surface area (Å²) in [5.74, 6) is 1.33. The van der Waals surface area contributed by atoms with Crippen LogP contribution in [0.3, 0.4) is 0 Å². The number of piperazine rings is 1. The van der Waals surface area contributed by atoms with Crippen molar-refractivity contribution in [3.8, 4) is 0 Å². The highest BCUT2D eigenvalue weighted by Crippen LogP contribution is 2.19. The molecule has 1 amide bonds. The normalized spacial score (nSPS) is 23.6. The minimum absolute atomic E-state index is 0.319. The molecule has 1 unspecified atom stereocenters. The number of amides is 1. The SMILES string of the molecule is CN1CCCCC1CC(=O)N1CCN(c2ccccn2)CC1. The van der Waals surface area contributed by atoms with E-state index in [1.165, 1.54) is 12.8 Å². The third-order valence-electron chi connectivity index (χ3n) is 4.94. The Morgan fingerprint density at radius 1 is 1.18 bits per heavy atom. The molecular formula is C17H26N4O. The van der Waals surface area contributed by atoms with Crippen LogP contribution < -0.4 is 4.90 Å². The van der Waals surface area contributed by atoms with Gasteiger partial charge < -0.3 is 14.7 Å². The molecule has 2 fully saturated rings. The van der Waals surface area contributed by atoms with Gasteiger partial charge in [-0.15, -0.1) is 0 Å². The summed E-state index contributed by atoms with van der Waals surface area (Å²) in [5.41, 5.74) is 0. The molecular weight excluding hydrogens is 276 g/mol. The molecule has 0 saturated carbocycles. The van der Waals surface area contributed by atoms with Crippen molar-refractivity contribution in [2.45, 2.75) is 31.7 Å². The lowest BCUT2D eigenvalue weighted by molar-refractivity contribution is -0.133. The van der Waals surface area contributed by atoms with Crippen molar-refractivity contribution in [3.05, 3.63) is 24.4 Å². The highest BCUT2D eigenvalue weighted by molar-refractivity contribution is 5.77. The van der Waals surface area contributed by atoms with E-state index in [0.717, 1.165) is 45.0 Å². The summed E-state index contributed by atoms with van der Waals surface area (Å²) in [4.78, 5) is 23.6. The highest BCUT2D eigenvalue weighted by atomic mass is 16.2. The first-order chi connectivity index (χ1) is 10.7. The van der Waals surface area contributed by atoms with Crippen LogP contribution in [0.4, 0.5) is 5.82 Å². The van der Waals surface area contributed by atoms with E-state index in [0.29, 0.717) is 18.4 Å². The largest absolute Gasteiger partial charge is 0.353 e. The highest BCUT2D eigenvalue weighted by Gasteiger charge is 2.26. The fourth-order valence-corrected chi connectivity index (χ4v) is 3.46. The minimum atomic E-state index is 0.319. The molecule has 1 atom stereocenters. The first-order valence-corrected chi connectivity index (χ1v) is 8.38. The minimum Gasteiger partial charge on any atom is -0.353 e. The predicted octanol–water partition coefficient (Wildman–Crippen LogP) is 1.60. The van der Waals surface area contributed by atoms with E-state index in [1.807, 2.05) is 29.3 Å². The molecule has 0 aliphatic carbocycles. The Hall–Kier alpha value is -1.62. The number of carbonyl (C=O) groups excluding carboxylic acids is 1. The molecule has 120 valence electrons. The Bertz CT molecular complexity index is 485. The standard InChI is InChI=1S/C17H26N4O/c1-19-9-5-3-6-15(19)14-17(22)21-12-10-20(11-13-21)16-7-2-4-8-18-16/h2,4,7-8,15H,3,5-6,9-14H2,1H3. The lowest BCUT2D eigenvalue weighted by Gasteiger charge is -2.37. The summed E-state index contributed by atoms with van der Waals surface area (Å²) in [6, 6.07) is 6.42. The van der Waals surface area contributed by atoms with Gasteiger partial charge in [0.2, 0.25) is 5.91 Å². The van der Waals surface area contributed by atoms with E-state index in [2.05, 4.69) is 21.8 Å². The number of pyridine rings is 1. The number of hydrogen-bond acceptors (Lipinski definition) is 4. The van der Waals surface area contributed by atoms with Gasteiger partial charge in [-0.05, 0) is 38.6 Å². The number of hydrogen-bond donors (Lipinski definition) is 0. The summed E-state index contributed by atoms with van der Waals surface area (Å²) >= 11 is 0. The fraction of sp³-hybridized carbons (Fsp3) is 0.647. The van der Waals surface area contributed by atoms with Gasteiger partial charge in [-0.1, -0.05) is 12.5 Å². The van der Waals surface area contributed by atoms with Crippen LogP contribution in [0, 0.1) is 0 Å². The van der Waals surface area contributed by atoms with E-state index in [9.17, 15) is 4.79 Å². The van der Waals surface area contributed by atoms with Crippen LogP contribution in [0.2, 0.25) is 0 Å². The zero-order chi connectivity index (χ0) is 15.4. The lowest BCUT2D eigenvalue weighted by atomic mass is 9.99. The number of likely N-dealkylation sites (tertiary alicyclic amines) is 1. The second kappa shape index (κ2) is 7.09. The number of nitrogens with zero attached hydrogens (tertiary/aromatic N) is 4. The maximum absolute atomic E-state index is 12.5. The van der Waals surface area contributed by atoms with Gasteiger partial charge >= 0.3 is 0 Å². The van der Waals surface area contributed by atoms with Crippen LogP contribution in [0.5, 0.6) is 0 Å². The zero-order valence-corrected chi connectivity index (χ0v) is 13.4. The first-order valence-electron chi connectivity index (χ1n) is 8.38. The van der Waals surface area contributed by atoms with E-state index >= 15 is 0 Å². The molecule has 2 aliphatic heterocycles. The maximum Gasteiger partial charge on any atom is 0.224 e. The summed E-state index contributed by atoms with van der Waals surface area (Å²) in [5, 5.41) is 0. The van der Waals surface area contributed by atoms with Gasteiger partial charge in [-0.25, -0.2) is 4.98 Å². The molecule has 0 N–H and O–H groups in total. The molecule has 1 aromatic rings. The summed E-state index contributed by atoms with van der Waals surface area (Å²) in [6.45, 7) is 4.51. The van der Waals surface area contributed by atoms with Crippen molar-refractivity contribution in [2.75, 3.05) is 44.7 Å². The average molecular weight is 302 g/mol. The van der Waals surface area contributed by atoms with E-state index in [1.54, 1.807) is 0 Å². The smallest absolute Gasteiger partial charge is 0.224 e. The van der Waals surface area contributed by atoms with Crippen molar-refractivity contribution in [2.24, 2.45) is 0 Å². The van der Waals surface area contributed by atoms with Crippen molar-refractivity contribution >= 4 is 11.7 Å². The van der Waals surface area contributed by atoms with E-state index in [-0.39, 0.29) is 0 Å². The third kappa shape index (κ3) is 3.58. The Morgan fingerprint density at radius 3 is 2.68 bits per heavy atom. The van der Waals surface area contributed by atoms with Crippen LogP contribution in [0.25, 0.3) is 0 Å². The molecule has 0 aromatic carbocycles. The molecule has 5 nitrogen and oxygen atoms in total. The monoisotopic (exact) mass is 302 g/mol. The quantitative estimate of drug-likeness (QED) is 0.850. The number of aromatic nitrogens is 1. The average Bonchev–Trinajstić information content (AvgIpc) is 2.58. The molecule has 0 radical (unpaired) electrons. The van der Waals surface area contributed by atoms with Gasteiger partial charge in [0.1, 0.15) is 5.82 Å². The Morgan fingerprint density at radius 2 is 2.00 bits per heavy atom. The summed E-state index contributed by atoms with van der Waals surface area (Å²) in [6.07, 6.45) is 6.20. The molecule has 5 heteroatoms. The fourth-order valence-electron chi connectivity index (χ4n) is 3.46. The van der Waals surface area contributed by atoms with Crippen molar-refractivity contribution < 1.29 is 4.79 Å². The van der Waals surface area contributed by atoms with Crippen LogP contribution >= 0.6 is 0 Å². The molecule has 0 bridgehead atoms. The van der Waals surface area contributed by atoms with Gasteiger partial charge in [-0.2, -0.15) is 0 Å². The van der Waals surface area contributed by atoms with Crippen LogP contribution in [-0.2, 0) is 4.79 Å². The number of carbonyl (C=O) groups is 1. The van der Waals surface area contributed by atoms with Gasteiger partial charge in [0.15, 0.2) is 0 Å². The maximum atomic E-state index is 12.5. The summed E-state index contributed by atoms with van der Waals surface area (Å²) in [7, 11) is 2.15. The molecule has 3 heterocycles. The van der Waals surface area contributed by atoms with Crippen LogP contribution in [-0.4, -0.2) is 66.5 Å². The molecule has 2 saturated heterocycles. The molecule has 3 rings (SSSR count). The van der Waals surface area contributed by atoms with Crippen molar-refractivity contribution in [3.63, 3.8) is 0 Å². The Labute approximate surface area is 132 Å². The van der Waals surface area contributed by atoms with Crippen molar-refractivity contribution in [1.29, 1.82) is 0 Å². The molecule has 2 aliphatic rings. The Balaban J connectivity index is 1.49. The van der Waals surface area contributed by atoms with Gasteiger partial charge in [-0.3, -0.25) is 4.79 Å². The number of anilines is 1. The van der Waals surface area contributed by atoms with Crippen molar-refractivity contribution in [1.82, 2.24) is 14.8 Å². The van der Waals surface area contributed by atoms with Crippen LogP contribution in [0.15, 0.2) is 24.4 Å². The second-order valence-electron chi connectivity index (χ2n) is 6.39. The van der Waals surface area contributed by atoms with E-state index < -0.39 is 0 Å². The predicted molar refractivity (Wildman–Crippen MR) is 87.9 cm³/mol. The Kier molecular flexibility index (Phi) is 4.93. The van der Waals surface area contributed by atoms with Gasteiger partial charge in [0.25, 0.3) is 0 Å². The molecule has 0 spiro atoms. The van der Waals surface area contributed by atoms with Gasteiger partial charge in [0, 0.05) is 44.8 Å². The van der Waals surface area contributed by atoms with Gasteiger partial charge in [0.05, 0.1) is 0 Å². The first kappa shape index (κ1) is 15.3. The molecule has 22 heavy (non-hydrogen) atoms. The third-order valence-corrected chi connectivity index (χ3v) is 4.94. The number of rotatable bonds is 3.